The predicted octanol–water partition coefficient (Wildman–Crippen LogP) is 1.22. The van der Waals surface area contributed by atoms with Gasteiger partial charge in [-0.15, -0.1) is 0 Å². The lowest BCUT2D eigenvalue weighted by Crippen LogP contribution is -2.46. The number of sulfonamides is 1. The lowest BCUT2D eigenvalue weighted by Gasteiger charge is -2.24. The lowest BCUT2D eigenvalue weighted by atomic mass is 9.96. The molecule has 2 fully saturated rings. The number of thiocarbonyl (C=S) groups is 1. The van der Waals surface area contributed by atoms with Crippen LogP contribution in [0.15, 0.2) is 23.1 Å². The van der Waals surface area contributed by atoms with E-state index in [1.807, 2.05) is 0 Å². The van der Waals surface area contributed by atoms with Crippen molar-refractivity contribution in [2.75, 3.05) is 5.43 Å². The van der Waals surface area contributed by atoms with E-state index in [4.69, 9.17) is 17.4 Å². The molecular weight excluding hydrogens is 366 g/mol. The van der Waals surface area contributed by atoms with Crippen LogP contribution in [0.2, 0.25) is 0 Å². The third-order valence-electron chi connectivity index (χ3n) is 4.86. The summed E-state index contributed by atoms with van der Waals surface area (Å²) in [5, 5.41) is 19.8. The zero-order valence-corrected chi connectivity index (χ0v) is 14.9. The highest BCUT2D eigenvalue weighted by Gasteiger charge is 2.39. The summed E-state index contributed by atoms with van der Waals surface area (Å²) < 4.78 is 22.7. The minimum Gasteiger partial charge on any atom is -0.358 e. The normalized spacial score (nSPS) is 24.8. The molecule has 0 unspecified atom stereocenters. The highest BCUT2D eigenvalue weighted by molar-refractivity contribution is 7.89. The molecule has 2 aliphatic carbocycles. The molecule has 0 aliphatic heterocycles. The van der Waals surface area contributed by atoms with Crippen molar-refractivity contribution in [1.29, 1.82) is 0 Å². The summed E-state index contributed by atoms with van der Waals surface area (Å²) in [4.78, 5) is 10.1. The van der Waals surface area contributed by atoms with Crippen molar-refractivity contribution >= 4 is 38.7 Å². The number of nitrogens with two attached hydrogens (primary N) is 1. The van der Waals surface area contributed by atoms with Crippen LogP contribution >= 0.6 is 12.2 Å². The number of anilines is 1. The highest BCUT2D eigenvalue weighted by Crippen LogP contribution is 2.44. The summed E-state index contributed by atoms with van der Waals surface area (Å²) in [6, 6.07) is 3.70. The van der Waals surface area contributed by atoms with Crippen molar-refractivity contribution in [2.45, 2.75) is 36.6 Å². The van der Waals surface area contributed by atoms with Gasteiger partial charge in [0.2, 0.25) is 10.0 Å². The smallest absolute Gasteiger partial charge is 0.295 e. The molecular formula is C14H19N5O4S2. The molecule has 3 atom stereocenters. The second-order valence-electron chi connectivity index (χ2n) is 6.49. The number of nitrogens with zero attached hydrogens (tertiary/aromatic N) is 1. The number of benzene rings is 1. The number of fused-ring (bicyclic) bond motifs is 2. The van der Waals surface area contributed by atoms with E-state index in [2.05, 4.69) is 16.2 Å². The maximum absolute atomic E-state index is 11.3. The number of rotatable bonds is 5. The summed E-state index contributed by atoms with van der Waals surface area (Å²) in [5.41, 5.74) is 5.06. The monoisotopic (exact) mass is 385 g/mol. The topological polar surface area (TPSA) is 139 Å². The Morgan fingerprint density at radius 1 is 1.32 bits per heavy atom. The Bertz CT molecular complexity index is 813. The van der Waals surface area contributed by atoms with Crippen LogP contribution in [0.4, 0.5) is 11.4 Å². The zero-order valence-electron chi connectivity index (χ0n) is 13.3. The first-order valence-electron chi connectivity index (χ1n) is 7.88. The van der Waals surface area contributed by atoms with Crippen LogP contribution in [0, 0.1) is 22.0 Å². The molecule has 25 heavy (non-hydrogen) atoms. The van der Waals surface area contributed by atoms with E-state index in [0.717, 1.165) is 18.4 Å². The van der Waals surface area contributed by atoms with Crippen molar-refractivity contribution in [3.8, 4) is 0 Å². The summed E-state index contributed by atoms with van der Waals surface area (Å²) >= 11 is 5.23. The van der Waals surface area contributed by atoms with Gasteiger partial charge in [-0.05, 0) is 55.4 Å². The Labute approximate surface area is 150 Å². The summed E-state index contributed by atoms with van der Waals surface area (Å²) in [7, 11) is -4.02. The number of nitro benzene ring substituents is 1. The number of nitro groups is 1. The van der Waals surface area contributed by atoms with Gasteiger partial charge in [0.25, 0.3) is 5.69 Å². The average Bonchev–Trinajstić information content (AvgIpc) is 3.14. The fraction of sp³-hybridized carbons (Fsp3) is 0.500. The van der Waals surface area contributed by atoms with Gasteiger partial charge >= 0.3 is 0 Å². The number of hydrogen-bond donors (Lipinski definition) is 4. The van der Waals surface area contributed by atoms with Gasteiger partial charge in [-0.3, -0.25) is 21.0 Å². The van der Waals surface area contributed by atoms with Crippen molar-refractivity contribution in [3.63, 3.8) is 0 Å². The molecule has 9 nitrogen and oxygen atoms in total. The fourth-order valence-electron chi connectivity index (χ4n) is 3.70. The molecule has 2 saturated carbocycles. The fourth-order valence-corrected chi connectivity index (χ4v) is 4.43. The Morgan fingerprint density at radius 2 is 2.08 bits per heavy atom. The first kappa shape index (κ1) is 17.8. The SMILES string of the molecule is NS(=O)(=O)c1ccc(NNC(=S)N[C@H]2C[C@H]3CC[C@@H]2C3)c([N+](=O)[O-])c1. The molecule has 11 heteroatoms. The van der Waals surface area contributed by atoms with Crippen molar-refractivity contribution in [3.05, 3.63) is 28.3 Å². The van der Waals surface area contributed by atoms with Crippen molar-refractivity contribution < 1.29 is 13.3 Å². The second-order valence-corrected chi connectivity index (χ2v) is 8.46. The number of hydrazine groups is 1. The molecule has 0 heterocycles. The Morgan fingerprint density at radius 3 is 2.64 bits per heavy atom. The van der Waals surface area contributed by atoms with Gasteiger partial charge in [0, 0.05) is 12.1 Å². The second kappa shape index (κ2) is 6.73. The largest absolute Gasteiger partial charge is 0.358 e. The molecule has 0 saturated heterocycles. The summed E-state index contributed by atoms with van der Waals surface area (Å²) in [6.07, 6.45) is 4.81. The predicted molar refractivity (Wildman–Crippen MR) is 96.2 cm³/mol. The first-order chi connectivity index (χ1) is 11.7. The zero-order chi connectivity index (χ0) is 18.2. The molecule has 1 aromatic rings. The molecule has 1 aromatic carbocycles. The minimum atomic E-state index is -4.02. The van der Waals surface area contributed by atoms with Crippen LogP contribution in [0.3, 0.4) is 0 Å². The standard InChI is InChI=1S/C14H19N5O4S2/c15-25(22,23)10-3-4-11(13(7-10)19(20)21)17-18-14(24)16-12-6-8-1-2-9(12)5-8/h3-4,7-9,12,17H,1-2,5-6H2,(H2,15,22,23)(H2,16,18,24)/t8-,9+,12-/m0/s1. The van der Waals surface area contributed by atoms with Gasteiger partial charge in [-0.25, -0.2) is 13.6 Å². The molecule has 136 valence electrons. The number of primary sulfonamides is 1. The third-order valence-corrected chi connectivity index (χ3v) is 5.99. The third kappa shape index (κ3) is 3.99. The molecule has 3 rings (SSSR count). The quantitative estimate of drug-likeness (QED) is 0.337. The number of nitrogens with one attached hydrogen (secondary N) is 3. The summed E-state index contributed by atoms with van der Waals surface area (Å²) in [5.74, 6) is 1.40. The van der Waals surface area contributed by atoms with E-state index < -0.39 is 20.6 Å². The van der Waals surface area contributed by atoms with Crippen LogP contribution in [-0.2, 0) is 10.0 Å². The van der Waals surface area contributed by atoms with Crippen LogP contribution in [0.1, 0.15) is 25.7 Å². The molecule has 0 aromatic heterocycles. The maximum Gasteiger partial charge on any atom is 0.295 e. The van der Waals surface area contributed by atoms with Gasteiger partial charge < -0.3 is 5.32 Å². The molecule has 2 bridgehead atoms. The maximum atomic E-state index is 11.3. The molecule has 0 amide bonds. The molecule has 0 radical (unpaired) electrons. The minimum absolute atomic E-state index is 0.0921. The molecule has 5 N–H and O–H groups in total. The number of hydrogen-bond acceptors (Lipinski definition) is 6. The van der Waals surface area contributed by atoms with Gasteiger partial charge in [0.05, 0.1) is 9.82 Å². The van der Waals surface area contributed by atoms with E-state index in [1.54, 1.807) is 0 Å². The Kier molecular flexibility index (Phi) is 4.80. The average molecular weight is 385 g/mol. The molecule has 2 aliphatic rings. The van der Waals surface area contributed by atoms with Crippen LogP contribution < -0.4 is 21.3 Å². The van der Waals surface area contributed by atoms with Crippen molar-refractivity contribution in [1.82, 2.24) is 10.7 Å². The van der Waals surface area contributed by atoms with Gasteiger partial charge in [0.15, 0.2) is 5.11 Å². The van der Waals surface area contributed by atoms with Gasteiger partial charge in [0.1, 0.15) is 5.69 Å². The van der Waals surface area contributed by atoms with Crippen molar-refractivity contribution in [2.24, 2.45) is 17.0 Å². The Balaban J connectivity index is 1.64. The van der Waals surface area contributed by atoms with E-state index in [0.29, 0.717) is 17.1 Å². The summed E-state index contributed by atoms with van der Waals surface area (Å²) in [6.45, 7) is 0. The first-order valence-corrected chi connectivity index (χ1v) is 9.83. The van der Waals surface area contributed by atoms with Crippen LogP contribution in [-0.4, -0.2) is 24.5 Å². The van der Waals surface area contributed by atoms with E-state index in [9.17, 15) is 18.5 Å². The molecule has 0 spiro atoms. The van der Waals surface area contributed by atoms with Gasteiger partial charge in [-0.1, -0.05) is 6.42 Å². The van der Waals surface area contributed by atoms with E-state index in [-0.39, 0.29) is 10.6 Å². The lowest BCUT2D eigenvalue weighted by molar-refractivity contribution is -0.384. The Hall–Kier alpha value is -1.98. The van der Waals surface area contributed by atoms with E-state index in [1.165, 1.54) is 31.4 Å². The van der Waals surface area contributed by atoms with Crippen LogP contribution in [0.25, 0.3) is 0 Å². The van der Waals surface area contributed by atoms with Crippen LogP contribution in [0.5, 0.6) is 0 Å². The van der Waals surface area contributed by atoms with E-state index >= 15 is 0 Å². The van der Waals surface area contributed by atoms with Gasteiger partial charge in [-0.2, -0.15) is 0 Å². The highest BCUT2D eigenvalue weighted by atomic mass is 32.2.